The van der Waals surface area contributed by atoms with E-state index in [4.69, 9.17) is 0 Å². The molecule has 0 aliphatic rings. The van der Waals surface area contributed by atoms with Gasteiger partial charge in [-0.15, -0.1) is 12.6 Å². The van der Waals surface area contributed by atoms with Gasteiger partial charge in [0.05, 0.1) is 0 Å². The first-order chi connectivity index (χ1) is 7.68. The fourth-order valence-corrected chi connectivity index (χ4v) is 1.92. The van der Waals surface area contributed by atoms with Crippen LogP contribution >= 0.6 is 12.6 Å². The molecule has 2 heteroatoms. The molecule has 2 aromatic carbocycles. The Morgan fingerprint density at radius 3 is 1.94 bits per heavy atom. The minimum absolute atomic E-state index is 0.359. The van der Waals surface area contributed by atoms with Crippen molar-refractivity contribution in [2.24, 2.45) is 0 Å². The minimum atomic E-state index is -0.359. The van der Waals surface area contributed by atoms with E-state index in [0.717, 1.165) is 11.3 Å². The zero-order valence-corrected chi connectivity index (χ0v) is 10.1. The summed E-state index contributed by atoms with van der Waals surface area (Å²) in [5.74, 6) is 0. The van der Waals surface area contributed by atoms with Gasteiger partial charge < -0.3 is 5.32 Å². The lowest BCUT2D eigenvalue weighted by molar-refractivity contribution is 0.811. The molecule has 82 valence electrons. The van der Waals surface area contributed by atoms with Crippen LogP contribution in [0.15, 0.2) is 60.7 Å². The third-order valence-electron chi connectivity index (χ3n) is 2.50. The molecule has 16 heavy (non-hydrogen) atoms. The lowest BCUT2D eigenvalue weighted by Crippen LogP contribution is -2.24. The van der Waals surface area contributed by atoms with Crippen LogP contribution in [0.5, 0.6) is 0 Å². The van der Waals surface area contributed by atoms with Crippen LogP contribution in [0.4, 0.5) is 5.69 Å². The van der Waals surface area contributed by atoms with E-state index in [-0.39, 0.29) is 4.87 Å². The van der Waals surface area contributed by atoms with Crippen LogP contribution in [0, 0.1) is 0 Å². The van der Waals surface area contributed by atoms with Crippen molar-refractivity contribution in [3.05, 3.63) is 66.2 Å². The summed E-state index contributed by atoms with van der Waals surface area (Å²) >= 11 is 4.68. The molecule has 0 aliphatic carbocycles. The molecule has 0 saturated carbocycles. The summed E-state index contributed by atoms with van der Waals surface area (Å²) in [5.41, 5.74) is 2.23. The molecule has 0 radical (unpaired) electrons. The Balaban J connectivity index is 2.21. The van der Waals surface area contributed by atoms with Crippen molar-refractivity contribution in [3.63, 3.8) is 0 Å². The molecule has 1 atom stereocenters. The Morgan fingerprint density at radius 2 is 1.38 bits per heavy atom. The SMILES string of the molecule is CC(S)(Nc1ccccc1)c1ccccc1. The van der Waals surface area contributed by atoms with Crippen LogP contribution < -0.4 is 5.32 Å². The second-order valence-corrected chi connectivity index (χ2v) is 4.82. The highest BCUT2D eigenvalue weighted by atomic mass is 32.1. The first kappa shape index (κ1) is 11.1. The van der Waals surface area contributed by atoms with Crippen LogP contribution in [0.3, 0.4) is 0 Å². The van der Waals surface area contributed by atoms with E-state index in [1.165, 1.54) is 0 Å². The normalized spacial score (nSPS) is 14.1. The number of hydrogen-bond acceptors (Lipinski definition) is 2. The lowest BCUT2D eigenvalue weighted by Gasteiger charge is -2.27. The molecule has 1 N–H and O–H groups in total. The Bertz CT molecular complexity index is 437. The van der Waals surface area contributed by atoms with Gasteiger partial charge in [-0.2, -0.15) is 0 Å². The number of anilines is 1. The van der Waals surface area contributed by atoms with Crippen molar-refractivity contribution in [3.8, 4) is 0 Å². The number of rotatable bonds is 3. The van der Waals surface area contributed by atoms with Gasteiger partial charge >= 0.3 is 0 Å². The molecule has 1 unspecified atom stereocenters. The molecule has 0 spiro atoms. The van der Waals surface area contributed by atoms with Crippen molar-refractivity contribution in [1.82, 2.24) is 0 Å². The van der Waals surface area contributed by atoms with E-state index in [1.54, 1.807) is 0 Å². The number of para-hydroxylation sites is 1. The molecule has 0 amide bonds. The van der Waals surface area contributed by atoms with Gasteiger partial charge in [-0.05, 0) is 24.6 Å². The van der Waals surface area contributed by atoms with Gasteiger partial charge in [0.1, 0.15) is 4.87 Å². The predicted octanol–water partition coefficient (Wildman–Crippen LogP) is 3.90. The highest BCUT2D eigenvalue weighted by Crippen LogP contribution is 2.29. The standard InChI is InChI=1S/C14H15NS/c1-14(16,12-8-4-2-5-9-12)15-13-10-6-3-7-11-13/h2-11,15-16H,1H3. The smallest absolute Gasteiger partial charge is 0.103 e. The molecular weight excluding hydrogens is 214 g/mol. The second kappa shape index (κ2) is 4.62. The van der Waals surface area contributed by atoms with E-state index in [1.807, 2.05) is 48.5 Å². The molecule has 0 bridgehead atoms. The van der Waals surface area contributed by atoms with Crippen LogP contribution in [0.1, 0.15) is 12.5 Å². The molecule has 1 nitrogen and oxygen atoms in total. The Hall–Kier alpha value is -1.41. The summed E-state index contributed by atoms with van der Waals surface area (Å²) in [6.45, 7) is 2.05. The quantitative estimate of drug-likeness (QED) is 0.601. The maximum atomic E-state index is 4.68. The Labute approximate surface area is 102 Å². The van der Waals surface area contributed by atoms with Crippen LogP contribution in [0.25, 0.3) is 0 Å². The zero-order chi connectivity index (χ0) is 11.4. The van der Waals surface area contributed by atoms with Gasteiger partial charge in [0.25, 0.3) is 0 Å². The monoisotopic (exact) mass is 229 g/mol. The summed E-state index contributed by atoms with van der Waals surface area (Å²) in [6.07, 6.45) is 0. The first-order valence-electron chi connectivity index (χ1n) is 5.29. The van der Waals surface area contributed by atoms with E-state index in [9.17, 15) is 0 Å². The molecule has 0 fully saturated rings. The highest BCUT2D eigenvalue weighted by molar-refractivity contribution is 7.81. The van der Waals surface area contributed by atoms with Gasteiger partial charge in [-0.1, -0.05) is 48.5 Å². The maximum Gasteiger partial charge on any atom is 0.103 e. The number of benzene rings is 2. The van der Waals surface area contributed by atoms with Gasteiger partial charge in [-0.3, -0.25) is 0 Å². The van der Waals surface area contributed by atoms with Crippen LogP contribution in [-0.4, -0.2) is 0 Å². The molecule has 2 rings (SSSR count). The first-order valence-corrected chi connectivity index (χ1v) is 5.74. The molecule has 0 aliphatic heterocycles. The fourth-order valence-electron chi connectivity index (χ4n) is 1.64. The number of thiol groups is 1. The van der Waals surface area contributed by atoms with Crippen molar-refractivity contribution in [1.29, 1.82) is 0 Å². The number of hydrogen-bond donors (Lipinski definition) is 2. The average Bonchev–Trinajstić information content (AvgIpc) is 2.31. The minimum Gasteiger partial charge on any atom is -0.367 e. The van der Waals surface area contributed by atoms with Gasteiger partial charge in [-0.25, -0.2) is 0 Å². The lowest BCUT2D eigenvalue weighted by atomic mass is 10.1. The van der Waals surface area contributed by atoms with E-state index in [0.29, 0.717) is 0 Å². The second-order valence-electron chi connectivity index (χ2n) is 3.93. The summed E-state index contributed by atoms with van der Waals surface area (Å²) in [7, 11) is 0. The van der Waals surface area contributed by atoms with Crippen molar-refractivity contribution < 1.29 is 0 Å². The van der Waals surface area contributed by atoms with Crippen LogP contribution in [0.2, 0.25) is 0 Å². The average molecular weight is 229 g/mol. The number of nitrogens with one attached hydrogen (secondary N) is 1. The third-order valence-corrected chi connectivity index (χ3v) is 2.87. The van der Waals surface area contributed by atoms with Crippen molar-refractivity contribution >= 4 is 18.3 Å². The topological polar surface area (TPSA) is 12.0 Å². The van der Waals surface area contributed by atoms with Gasteiger partial charge in [0.2, 0.25) is 0 Å². The Kier molecular flexibility index (Phi) is 3.20. The summed E-state index contributed by atoms with van der Waals surface area (Å²) in [5, 5.41) is 3.40. The molecule has 0 aromatic heterocycles. The van der Waals surface area contributed by atoms with Crippen molar-refractivity contribution in [2.75, 3.05) is 5.32 Å². The predicted molar refractivity (Wildman–Crippen MR) is 72.8 cm³/mol. The van der Waals surface area contributed by atoms with Crippen LogP contribution in [-0.2, 0) is 4.87 Å². The van der Waals surface area contributed by atoms with Gasteiger partial charge in [0.15, 0.2) is 0 Å². The summed E-state index contributed by atoms with van der Waals surface area (Å²) in [6, 6.07) is 20.3. The van der Waals surface area contributed by atoms with E-state index in [2.05, 4.69) is 37.0 Å². The molecule has 2 aromatic rings. The Morgan fingerprint density at radius 1 is 0.875 bits per heavy atom. The summed E-state index contributed by atoms with van der Waals surface area (Å²) in [4.78, 5) is -0.359. The molecule has 0 saturated heterocycles. The third kappa shape index (κ3) is 2.58. The molecule has 0 heterocycles. The zero-order valence-electron chi connectivity index (χ0n) is 9.22. The van der Waals surface area contributed by atoms with E-state index < -0.39 is 0 Å². The molecular formula is C14H15NS. The highest BCUT2D eigenvalue weighted by Gasteiger charge is 2.20. The maximum absolute atomic E-state index is 4.68. The van der Waals surface area contributed by atoms with Crippen molar-refractivity contribution in [2.45, 2.75) is 11.8 Å². The largest absolute Gasteiger partial charge is 0.367 e. The summed E-state index contributed by atoms with van der Waals surface area (Å²) < 4.78 is 0. The van der Waals surface area contributed by atoms with Gasteiger partial charge in [0, 0.05) is 5.69 Å². The fraction of sp³-hybridized carbons (Fsp3) is 0.143. The van der Waals surface area contributed by atoms with E-state index >= 15 is 0 Å².